The van der Waals surface area contributed by atoms with Gasteiger partial charge in [-0.05, 0) is 26.0 Å². The molecule has 7 heteroatoms. The zero-order valence-corrected chi connectivity index (χ0v) is 14.7. The van der Waals surface area contributed by atoms with Crippen molar-refractivity contribution in [1.29, 1.82) is 5.41 Å². The molecule has 2 N–H and O–H groups in total. The van der Waals surface area contributed by atoms with E-state index in [9.17, 15) is 4.79 Å². The van der Waals surface area contributed by atoms with E-state index >= 15 is 0 Å². The number of rotatable bonds is 2. The molecule has 1 saturated heterocycles. The molecule has 3 rings (SSSR count). The smallest absolute Gasteiger partial charge is 0.231 e. The van der Waals surface area contributed by atoms with Crippen LogP contribution in [0.3, 0.4) is 0 Å². The topological polar surface area (TPSA) is 86.9 Å². The summed E-state index contributed by atoms with van der Waals surface area (Å²) in [5.74, 6) is 5.83. The average molecular weight is 336 g/mol. The molecule has 2 aromatic rings. The van der Waals surface area contributed by atoms with Gasteiger partial charge in [0.05, 0.1) is 23.3 Å². The second kappa shape index (κ2) is 6.06. The van der Waals surface area contributed by atoms with Crippen molar-refractivity contribution < 1.29 is 4.79 Å². The van der Waals surface area contributed by atoms with Crippen molar-refractivity contribution in [3.63, 3.8) is 0 Å². The Bertz CT molecular complexity index is 899. The highest BCUT2D eigenvalue weighted by Crippen LogP contribution is 2.31. The molecular weight excluding hydrogens is 316 g/mol. The van der Waals surface area contributed by atoms with E-state index in [1.165, 1.54) is 4.90 Å². The lowest BCUT2D eigenvalue weighted by Crippen LogP contribution is -2.58. The zero-order chi connectivity index (χ0) is 18.2. The van der Waals surface area contributed by atoms with Gasteiger partial charge in [-0.2, -0.15) is 5.10 Å². The van der Waals surface area contributed by atoms with E-state index in [4.69, 9.17) is 5.41 Å². The molecule has 0 radical (unpaired) electrons. The summed E-state index contributed by atoms with van der Waals surface area (Å²) in [5, 5.41) is 15.7. The highest BCUT2D eigenvalue weighted by Gasteiger charge is 2.40. The Morgan fingerprint density at radius 3 is 2.76 bits per heavy atom. The standard InChI is InChI=1S/C18H20N6O/c1-5-6-12-7-13(11-20-10-12)14-8-15(24(4)22-14)18(2)9-16(25)23(3)17(19)21-18/h7-8,10-11H,9H2,1-4H3,(H2,19,21)/t18-/m0/s1. The second-order valence-electron chi connectivity index (χ2n) is 6.31. The van der Waals surface area contributed by atoms with Gasteiger partial charge in [-0.25, -0.2) is 0 Å². The number of nitrogens with zero attached hydrogens (tertiary/aromatic N) is 4. The first-order valence-corrected chi connectivity index (χ1v) is 7.90. The Morgan fingerprint density at radius 2 is 2.08 bits per heavy atom. The highest BCUT2D eigenvalue weighted by atomic mass is 16.2. The van der Waals surface area contributed by atoms with Crippen LogP contribution in [0.25, 0.3) is 11.3 Å². The average Bonchev–Trinajstić information content (AvgIpc) is 2.96. The number of hydrogen-bond donors (Lipinski definition) is 2. The van der Waals surface area contributed by atoms with Crippen LogP contribution < -0.4 is 5.32 Å². The van der Waals surface area contributed by atoms with Gasteiger partial charge in [0.25, 0.3) is 0 Å². The third-order valence-corrected chi connectivity index (χ3v) is 4.36. The summed E-state index contributed by atoms with van der Waals surface area (Å²) in [6, 6.07) is 3.87. The van der Waals surface area contributed by atoms with Crippen LogP contribution in [0.2, 0.25) is 0 Å². The Kier molecular flexibility index (Phi) is 4.05. The quantitative estimate of drug-likeness (QED) is 0.813. The monoisotopic (exact) mass is 336 g/mol. The lowest BCUT2D eigenvalue weighted by Gasteiger charge is -2.39. The fourth-order valence-corrected chi connectivity index (χ4v) is 3.01. The van der Waals surface area contributed by atoms with E-state index in [2.05, 4.69) is 27.2 Å². The van der Waals surface area contributed by atoms with Crippen molar-refractivity contribution >= 4 is 11.9 Å². The van der Waals surface area contributed by atoms with Crippen molar-refractivity contribution in [2.75, 3.05) is 7.05 Å². The van der Waals surface area contributed by atoms with E-state index in [-0.39, 0.29) is 18.3 Å². The lowest BCUT2D eigenvalue weighted by atomic mass is 9.90. The van der Waals surface area contributed by atoms with Crippen LogP contribution in [0.15, 0.2) is 24.5 Å². The van der Waals surface area contributed by atoms with Crippen LogP contribution in [0.1, 0.15) is 31.5 Å². The first-order valence-electron chi connectivity index (χ1n) is 7.90. The molecule has 0 unspecified atom stereocenters. The number of pyridine rings is 1. The van der Waals surface area contributed by atoms with Crippen LogP contribution >= 0.6 is 0 Å². The number of aryl methyl sites for hydroxylation is 1. The van der Waals surface area contributed by atoms with Gasteiger partial charge in [0.1, 0.15) is 0 Å². The highest BCUT2D eigenvalue weighted by molar-refractivity contribution is 5.98. The molecule has 1 aliphatic heterocycles. The Balaban J connectivity index is 2.00. The number of carbonyl (C=O) groups is 1. The van der Waals surface area contributed by atoms with Crippen LogP contribution in [0.4, 0.5) is 0 Å². The molecule has 1 fully saturated rings. The van der Waals surface area contributed by atoms with Crippen molar-refractivity contribution in [3.05, 3.63) is 35.8 Å². The Labute approximate surface area is 146 Å². The minimum atomic E-state index is -0.686. The molecule has 0 spiro atoms. The molecule has 1 atom stereocenters. The van der Waals surface area contributed by atoms with Gasteiger partial charge in [-0.1, -0.05) is 5.92 Å². The number of guanidine groups is 1. The third-order valence-electron chi connectivity index (χ3n) is 4.36. The molecule has 3 heterocycles. The zero-order valence-electron chi connectivity index (χ0n) is 14.7. The van der Waals surface area contributed by atoms with Crippen molar-refractivity contribution in [3.8, 4) is 23.1 Å². The number of amides is 1. The number of nitrogens with one attached hydrogen (secondary N) is 2. The first kappa shape index (κ1) is 16.7. The second-order valence-corrected chi connectivity index (χ2v) is 6.31. The van der Waals surface area contributed by atoms with Crippen molar-refractivity contribution in [2.45, 2.75) is 25.8 Å². The minimum absolute atomic E-state index is 0.0865. The molecule has 128 valence electrons. The van der Waals surface area contributed by atoms with Gasteiger partial charge in [0, 0.05) is 37.6 Å². The van der Waals surface area contributed by atoms with Gasteiger partial charge in [0.2, 0.25) is 5.91 Å². The fraction of sp³-hybridized carbons (Fsp3) is 0.333. The van der Waals surface area contributed by atoms with Gasteiger partial charge in [-0.3, -0.25) is 24.8 Å². The van der Waals surface area contributed by atoms with Crippen LogP contribution in [0.5, 0.6) is 0 Å². The minimum Gasteiger partial charge on any atom is -0.345 e. The summed E-state index contributed by atoms with van der Waals surface area (Å²) >= 11 is 0. The molecule has 2 aromatic heterocycles. The van der Waals surface area contributed by atoms with Crippen LogP contribution in [-0.4, -0.2) is 38.6 Å². The predicted octanol–water partition coefficient (Wildman–Crippen LogP) is 1.46. The summed E-state index contributed by atoms with van der Waals surface area (Å²) in [6.45, 7) is 3.69. The van der Waals surface area contributed by atoms with E-state index in [1.807, 2.05) is 26.1 Å². The van der Waals surface area contributed by atoms with Crippen molar-refractivity contribution in [2.24, 2.45) is 7.05 Å². The summed E-state index contributed by atoms with van der Waals surface area (Å²) in [7, 11) is 3.43. The summed E-state index contributed by atoms with van der Waals surface area (Å²) in [4.78, 5) is 17.7. The predicted molar refractivity (Wildman–Crippen MR) is 94.6 cm³/mol. The van der Waals surface area contributed by atoms with Gasteiger partial charge >= 0.3 is 0 Å². The maximum atomic E-state index is 12.2. The van der Waals surface area contributed by atoms with E-state index in [0.29, 0.717) is 0 Å². The largest absolute Gasteiger partial charge is 0.345 e. The number of carbonyl (C=O) groups excluding carboxylic acids is 1. The fourth-order valence-electron chi connectivity index (χ4n) is 3.01. The first-order chi connectivity index (χ1) is 11.8. The summed E-state index contributed by atoms with van der Waals surface area (Å²) < 4.78 is 1.74. The van der Waals surface area contributed by atoms with Gasteiger partial charge < -0.3 is 5.32 Å². The molecule has 0 bridgehead atoms. The van der Waals surface area contributed by atoms with Crippen LogP contribution in [-0.2, 0) is 17.4 Å². The van der Waals surface area contributed by atoms with Gasteiger partial charge in [0.15, 0.2) is 5.96 Å². The van der Waals surface area contributed by atoms with E-state index < -0.39 is 5.54 Å². The van der Waals surface area contributed by atoms with E-state index in [0.717, 1.165) is 22.5 Å². The SMILES string of the molecule is CC#Cc1cncc(-c2cc([C@]3(C)CC(=O)N(C)C(=N)N3)n(C)n2)c1. The molecule has 0 aliphatic carbocycles. The summed E-state index contributed by atoms with van der Waals surface area (Å²) in [5.41, 5.74) is 2.59. The maximum Gasteiger partial charge on any atom is 0.231 e. The summed E-state index contributed by atoms with van der Waals surface area (Å²) in [6.07, 6.45) is 3.71. The maximum absolute atomic E-state index is 12.2. The van der Waals surface area contributed by atoms with Gasteiger partial charge in [-0.15, -0.1) is 5.92 Å². The Hall–Kier alpha value is -3.14. The number of aromatic nitrogens is 3. The third kappa shape index (κ3) is 2.98. The molecule has 0 aromatic carbocycles. The Morgan fingerprint density at radius 1 is 1.32 bits per heavy atom. The molecule has 1 aliphatic rings. The lowest BCUT2D eigenvalue weighted by molar-refractivity contribution is -0.129. The van der Waals surface area contributed by atoms with Crippen LogP contribution in [0, 0.1) is 17.3 Å². The van der Waals surface area contributed by atoms with E-state index in [1.54, 1.807) is 31.0 Å². The molecule has 7 nitrogen and oxygen atoms in total. The molecule has 0 saturated carbocycles. The number of hydrogen-bond acceptors (Lipinski definition) is 4. The molecular formula is C18H20N6O. The molecule has 1 amide bonds. The van der Waals surface area contributed by atoms with Crippen molar-refractivity contribution in [1.82, 2.24) is 25.0 Å². The normalized spacial score (nSPS) is 20.1. The molecule has 25 heavy (non-hydrogen) atoms.